The van der Waals surface area contributed by atoms with Gasteiger partial charge >= 0.3 is 0 Å². The van der Waals surface area contributed by atoms with Gasteiger partial charge in [-0.2, -0.15) is 10.2 Å². The number of anilines is 1. The Morgan fingerprint density at radius 3 is 2.57 bits per heavy atom. The van der Waals surface area contributed by atoms with Crippen molar-refractivity contribution in [2.75, 3.05) is 19.3 Å². The van der Waals surface area contributed by atoms with Gasteiger partial charge in [0.05, 0.1) is 28.7 Å². The predicted octanol–water partition coefficient (Wildman–Crippen LogP) is 3.24. The zero-order chi connectivity index (χ0) is 24.7. The van der Waals surface area contributed by atoms with Crippen molar-refractivity contribution in [2.24, 2.45) is 0 Å². The van der Waals surface area contributed by atoms with E-state index >= 15 is 0 Å². The van der Waals surface area contributed by atoms with Crippen LogP contribution in [-0.2, 0) is 13.0 Å². The molecule has 5 rings (SSSR count). The molecule has 0 aliphatic heterocycles. The lowest BCUT2D eigenvalue weighted by molar-refractivity contribution is -0.0635. The number of nitrogen functional groups attached to an aromatic ring is 1. The van der Waals surface area contributed by atoms with E-state index in [1.54, 1.807) is 16.3 Å². The summed E-state index contributed by atoms with van der Waals surface area (Å²) in [5.74, 6) is 0.335. The highest BCUT2D eigenvalue weighted by molar-refractivity contribution is 5.88. The number of hydrogen-bond acceptors (Lipinski definition) is 7. The van der Waals surface area contributed by atoms with Crippen LogP contribution in [-0.4, -0.2) is 48.2 Å². The average molecular weight is 470 g/mol. The first-order valence-corrected chi connectivity index (χ1v) is 11.4. The Hall–Kier alpha value is -4.08. The maximum atomic E-state index is 13.9. The van der Waals surface area contributed by atoms with Crippen LogP contribution in [0, 0.1) is 13.8 Å². The summed E-state index contributed by atoms with van der Waals surface area (Å²) < 4.78 is 3.52. The molecule has 0 amide bonds. The van der Waals surface area contributed by atoms with Crippen molar-refractivity contribution in [2.45, 2.75) is 26.8 Å². The monoisotopic (exact) mass is 469 g/mol. The van der Waals surface area contributed by atoms with Crippen molar-refractivity contribution in [1.82, 2.24) is 29.4 Å². The number of nitrogens with two attached hydrogens (primary N) is 1. The third-order valence-electron chi connectivity index (χ3n) is 6.30. The molecule has 0 aliphatic rings. The predicted molar refractivity (Wildman–Crippen MR) is 136 cm³/mol. The van der Waals surface area contributed by atoms with Crippen LogP contribution in [0.3, 0.4) is 0 Å². The third kappa shape index (κ3) is 4.05. The van der Waals surface area contributed by atoms with Crippen molar-refractivity contribution >= 4 is 27.6 Å². The van der Waals surface area contributed by atoms with Gasteiger partial charge in [-0.05, 0) is 42.5 Å². The van der Waals surface area contributed by atoms with E-state index in [9.17, 15) is 10.0 Å². The van der Waals surface area contributed by atoms with Crippen LogP contribution < -0.4 is 11.3 Å². The lowest BCUT2D eigenvalue weighted by Crippen LogP contribution is -2.25. The smallest absolute Gasteiger partial charge is 0.263 e. The van der Waals surface area contributed by atoms with Crippen LogP contribution >= 0.6 is 0 Å². The maximum Gasteiger partial charge on any atom is 0.263 e. The summed E-state index contributed by atoms with van der Waals surface area (Å²) >= 11 is 0. The number of nitrogens with zero attached hydrogens (tertiary/aromatic N) is 6. The van der Waals surface area contributed by atoms with Crippen LogP contribution in [0.25, 0.3) is 27.5 Å². The number of aromatic nitrogens is 5. The second kappa shape index (κ2) is 8.94. The van der Waals surface area contributed by atoms with E-state index in [0.29, 0.717) is 47.4 Å². The van der Waals surface area contributed by atoms with Gasteiger partial charge in [-0.3, -0.25) is 9.36 Å². The molecule has 5 aromatic rings. The molecule has 35 heavy (non-hydrogen) atoms. The molecular formula is C26H27N7O2. The summed E-state index contributed by atoms with van der Waals surface area (Å²) in [5, 5.41) is 17.8. The lowest BCUT2D eigenvalue weighted by atomic mass is 10.1. The summed E-state index contributed by atoms with van der Waals surface area (Å²) in [7, 11) is 1.58. The molecule has 0 spiro atoms. The second-order valence-corrected chi connectivity index (χ2v) is 8.79. The summed E-state index contributed by atoms with van der Waals surface area (Å²) in [6, 6.07) is 15.7. The second-order valence-electron chi connectivity index (χ2n) is 8.79. The number of hydroxylamine groups is 2. The molecule has 0 atom stereocenters. The fourth-order valence-corrected chi connectivity index (χ4v) is 4.60. The zero-order valence-corrected chi connectivity index (χ0v) is 19.9. The molecule has 178 valence electrons. The van der Waals surface area contributed by atoms with Gasteiger partial charge in [0.25, 0.3) is 5.56 Å². The molecule has 9 heteroatoms. The molecule has 2 aromatic carbocycles. The van der Waals surface area contributed by atoms with Crippen molar-refractivity contribution in [3.8, 4) is 5.69 Å². The maximum absolute atomic E-state index is 13.9. The van der Waals surface area contributed by atoms with E-state index in [4.69, 9.17) is 10.8 Å². The number of pyridine rings is 1. The van der Waals surface area contributed by atoms with Gasteiger partial charge < -0.3 is 10.9 Å². The highest BCUT2D eigenvalue weighted by Gasteiger charge is 2.19. The van der Waals surface area contributed by atoms with E-state index in [0.717, 1.165) is 33.0 Å². The quantitative estimate of drug-likeness (QED) is 0.367. The Morgan fingerprint density at radius 2 is 1.80 bits per heavy atom. The number of likely N-dealkylation sites (N-methyl/N-ethyl adjacent to an activating group) is 1. The molecule has 0 saturated heterocycles. The summed E-state index contributed by atoms with van der Waals surface area (Å²) in [6.45, 7) is 4.63. The number of rotatable bonds is 6. The van der Waals surface area contributed by atoms with Gasteiger partial charge in [0.15, 0.2) is 5.65 Å². The molecule has 0 fully saturated rings. The van der Waals surface area contributed by atoms with Gasteiger partial charge in [0.1, 0.15) is 12.1 Å². The number of aryl methyl sites for hydroxylation is 2. The molecule has 3 heterocycles. The minimum Gasteiger partial charge on any atom is -0.383 e. The van der Waals surface area contributed by atoms with Crippen LogP contribution in [0.5, 0.6) is 0 Å². The van der Waals surface area contributed by atoms with E-state index in [2.05, 4.69) is 9.97 Å². The Bertz CT molecular complexity index is 1620. The largest absolute Gasteiger partial charge is 0.383 e. The molecule has 0 bridgehead atoms. The van der Waals surface area contributed by atoms with Crippen LogP contribution in [0.2, 0.25) is 0 Å². The van der Waals surface area contributed by atoms with Crippen molar-refractivity contribution in [1.29, 1.82) is 0 Å². The van der Waals surface area contributed by atoms with Gasteiger partial charge in [0, 0.05) is 25.7 Å². The minimum absolute atomic E-state index is 0.0716. The molecule has 9 nitrogen and oxygen atoms in total. The topological polar surface area (TPSA) is 115 Å². The Morgan fingerprint density at radius 1 is 1.03 bits per heavy atom. The van der Waals surface area contributed by atoms with Crippen molar-refractivity contribution < 1.29 is 5.21 Å². The standard InChI is InChI=1S/C26H27N7O2/c1-16-7-4-5-10-21(16)33-19(13-18-9-6-8-17(2)22(18)26(33)34)14-32-25-23(24(27)28-15-29-25)20(30-32)11-12-31(3)35/h4-10,13,15,35H,11-12,14H2,1-3H3,(H2,27,28,29). The Labute approximate surface area is 202 Å². The minimum atomic E-state index is -0.0716. The van der Waals surface area contributed by atoms with Crippen molar-refractivity contribution in [3.05, 3.63) is 87.7 Å². The highest BCUT2D eigenvalue weighted by Crippen LogP contribution is 2.25. The molecule has 3 N–H and O–H groups in total. The van der Waals surface area contributed by atoms with E-state index in [1.165, 1.54) is 6.33 Å². The molecule has 3 aromatic heterocycles. The molecule has 0 saturated carbocycles. The molecule has 0 aliphatic carbocycles. The molecular weight excluding hydrogens is 442 g/mol. The van der Waals surface area contributed by atoms with Crippen molar-refractivity contribution in [3.63, 3.8) is 0 Å². The Balaban J connectivity index is 1.74. The first-order valence-electron chi connectivity index (χ1n) is 11.4. The number of para-hydroxylation sites is 1. The SMILES string of the molecule is Cc1ccccc1-n1c(Cn2nc(CCN(C)O)c3c(N)ncnc32)cc2cccc(C)c2c1=O. The molecule has 0 unspecified atom stereocenters. The van der Waals surface area contributed by atoms with E-state index in [-0.39, 0.29) is 5.56 Å². The summed E-state index contributed by atoms with van der Waals surface area (Å²) in [6.07, 6.45) is 1.88. The first-order chi connectivity index (χ1) is 16.8. The lowest BCUT2D eigenvalue weighted by Gasteiger charge is -2.17. The fraction of sp³-hybridized carbons (Fsp3) is 0.231. The van der Waals surface area contributed by atoms with Gasteiger partial charge in [-0.1, -0.05) is 36.4 Å². The first kappa shape index (κ1) is 22.7. The molecule has 0 radical (unpaired) electrons. The van der Waals surface area contributed by atoms with Gasteiger partial charge in [0.2, 0.25) is 0 Å². The average Bonchev–Trinajstić information content (AvgIpc) is 3.17. The summed E-state index contributed by atoms with van der Waals surface area (Å²) in [5.41, 5.74) is 10.9. The van der Waals surface area contributed by atoms with E-state index in [1.807, 2.05) is 62.4 Å². The number of hydrogen-bond donors (Lipinski definition) is 2. The van der Waals surface area contributed by atoms with Crippen LogP contribution in [0.15, 0.2) is 59.7 Å². The number of benzene rings is 2. The van der Waals surface area contributed by atoms with Gasteiger partial charge in [-0.25, -0.2) is 14.6 Å². The van der Waals surface area contributed by atoms with E-state index < -0.39 is 0 Å². The Kier molecular flexibility index (Phi) is 5.80. The van der Waals surface area contributed by atoms with Gasteiger partial charge in [-0.15, -0.1) is 0 Å². The normalized spacial score (nSPS) is 11.7. The third-order valence-corrected chi connectivity index (χ3v) is 6.30. The van der Waals surface area contributed by atoms with Crippen LogP contribution in [0.1, 0.15) is 22.5 Å². The highest BCUT2D eigenvalue weighted by atomic mass is 16.5. The number of fused-ring (bicyclic) bond motifs is 2. The van der Waals surface area contributed by atoms with Crippen LogP contribution in [0.4, 0.5) is 5.82 Å². The summed E-state index contributed by atoms with van der Waals surface area (Å²) in [4.78, 5) is 22.5. The zero-order valence-electron chi connectivity index (χ0n) is 19.9. The fourth-order valence-electron chi connectivity index (χ4n) is 4.60.